The summed E-state index contributed by atoms with van der Waals surface area (Å²) in [6.45, 7) is 5.15. The van der Waals surface area contributed by atoms with Gasteiger partial charge in [0.2, 0.25) is 12.7 Å². The molecule has 0 saturated carbocycles. The number of H-pyrrole nitrogens is 1. The van der Waals surface area contributed by atoms with E-state index in [2.05, 4.69) is 35.7 Å². The lowest BCUT2D eigenvalue weighted by atomic mass is 10.1. The minimum absolute atomic E-state index is 0.137. The van der Waals surface area contributed by atoms with Crippen molar-refractivity contribution in [3.05, 3.63) is 51.7 Å². The summed E-state index contributed by atoms with van der Waals surface area (Å²) in [7, 11) is 0. The van der Waals surface area contributed by atoms with Crippen LogP contribution in [0.1, 0.15) is 29.9 Å². The number of anilines is 1. The van der Waals surface area contributed by atoms with Gasteiger partial charge in [0, 0.05) is 30.9 Å². The van der Waals surface area contributed by atoms with Crippen LogP contribution in [-0.4, -0.2) is 61.0 Å². The highest BCUT2D eigenvalue weighted by molar-refractivity contribution is 5.44. The molecule has 1 aromatic carbocycles. The Hall–Kier alpha value is -3.47. The van der Waals surface area contributed by atoms with Crippen LogP contribution in [0.25, 0.3) is 0 Å². The summed E-state index contributed by atoms with van der Waals surface area (Å²) in [4.78, 5) is 21.1. The average Bonchev–Trinajstić information content (AvgIpc) is 3.38. The van der Waals surface area contributed by atoms with Gasteiger partial charge in [-0.25, -0.2) is 9.67 Å². The van der Waals surface area contributed by atoms with E-state index in [1.54, 1.807) is 0 Å². The molecule has 0 spiro atoms. The number of aromatic nitrogens is 6. The van der Waals surface area contributed by atoms with E-state index in [9.17, 15) is 4.79 Å². The van der Waals surface area contributed by atoms with Crippen molar-refractivity contribution in [2.24, 2.45) is 0 Å². The molecule has 162 valence electrons. The predicted octanol–water partition coefficient (Wildman–Crippen LogP) is 0.918. The third kappa shape index (κ3) is 4.50. The van der Waals surface area contributed by atoms with Gasteiger partial charge in [0.25, 0.3) is 5.56 Å². The van der Waals surface area contributed by atoms with E-state index in [0.717, 1.165) is 48.8 Å². The molecule has 0 atom stereocenters. The monoisotopic (exact) mass is 424 g/mol. The molecule has 5 rings (SSSR count). The van der Waals surface area contributed by atoms with Crippen LogP contribution in [0.3, 0.4) is 0 Å². The molecule has 2 aliphatic heterocycles. The molecular weight excluding hydrogens is 400 g/mol. The Morgan fingerprint density at radius 1 is 1.16 bits per heavy atom. The Kier molecular flexibility index (Phi) is 5.24. The normalized spacial score (nSPS) is 16.5. The fourth-order valence-electron chi connectivity index (χ4n) is 3.95. The van der Waals surface area contributed by atoms with Gasteiger partial charge in [-0.1, -0.05) is 6.07 Å². The SMILES string of the molecule is Cc1cc(=O)[nH]c(NC2CCN(Cc3nnnn3Cc3ccc4c(c3)OCO4)CC2)n1. The second-order valence-corrected chi connectivity index (χ2v) is 7.87. The number of nitrogens with zero attached hydrogens (tertiary/aromatic N) is 6. The van der Waals surface area contributed by atoms with Crippen LogP contribution < -0.4 is 20.3 Å². The largest absolute Gasteiger partial charge is 0.454 e. The maximum absolute atomic E-state index is 11.6. The molecule has 4 heterocycles. The highest BCUT2D eigenvalue weighted by Crippen LogP contribution is 2.32. The van der Waals surface area contributed by atoms with E-state index in [-0.39, 0.29) is 18.4 Å². The Morgan fingerprint density at radius 2 is 2.00 bits per heavy atom. The molecule has 0 bridgehead atoms. The van der Waals surface area contributed by atoms with Crippen molar-refractivity contribution in [2.45, 2.75) is 38.9 Å². The zero-order valence-electron chi connectivity index (χ0n) is 17.2. The second kappa shape index (κ2) is 8.34. The van der Waals surface area contributed by atoms with E-state index in [4.69, 9.17) is 9.47 Å². The first-order valence-electron chi connectivity index (χ1n) is 10.3. The van der Waals surface area contributed by atoms with Crippen molar-refractivity contribution in [1.82, 2.24) is 35.1 Å². The van der Waals surface area contributed by atoms with E-state index < -0.39 is 0 Å². The Labute approximate surface area is 178 Å². The molecule has 0 amide bonds. The molecule has 0 unspecified atom stereocenters. The minimum atomic E-state index is -0.137. The van der Waals surface area contributed by atoms with Crippen LogP contribution in [0.5, 0.6) is 11.5 Å². The summed E-state index contributed by atoms with van der Waals surface area (Å²) in [6, 6.07) is 7.64. The second-order valence-electron chi connectivity index (χ2n) is 7.87. The average molecular weight is 424 g/mol. The van der Waals surface area contributed by atoms with Gasteiger partial charge >= 0.3 is 0 Å². The van der Waals surface area contributed by atoms with Gasteiger partial charge in [-0.15, -0.1) is 5.10 Å². The summed E-state index contributed by atoms with van der Waals surface area (Å²) < 4.78 is 12.6. The lowest BCUT2D eigenvalue weighted by molar-refractivity contribution is 0.174. The summed E-state index contributed by atoms with van der Waals surface area (Å²) in [5.41, 5.74) is 1.63. The first-order valence-corrected chi connectivity index (χ1v) is 10.3. The number of hydrogen-bond acceptors (Lipinski definition) is 9. The van der Waals surface area contributed by atoms with Gasteiger partial charge in [0.05, 0.1) is 13.1 Å². The number of rotatable bonds is 6. The number of piperidine rings is 1. The van der Waals surface area contributed by atoms with Crippen LogP contribution in [0.4, 0.5) is 5.95 Å². The Bertz CT molecular complexity index is 1120. The molecular formula is C20H24N8O3. The van der Waals surface area contributed by atoms with Crippen molar-refractivity contribution in [3.8, 4) is 11.5 Å². The standard InChI is InChI=1S/C20H24N8O3/c1-13-8-19(29)23-20(21-13)22-15-4-6-27(7-5-15)11-18-24-25-26-28(18)10-14-2-3-16-17(9-14)31-12-30-16/h2-3,8-9,15H,4-7,10-12H2,1H3,(H2,21,22,23,29). The lowest BCUT2D eigenvalue weighted by Gasteiger charge is -2.32. The van der Waals surface area contributed by atoms with Crippen molar-refractivity contribution in [1.29, 1.82) is 0 Å². The number of nitrogens with one attached hydrogen (secondary N) is 2. The lowest BCUT2D eigenvalue weighted by Crippen LogP contribution is -2.39. The molecule has 11 nitrogen and oxygen atoms in total. The Morgan fingerprint density at radius 3 is 2.84 bits per heavy atom. The van der Waals surface area contributed by atoms with Gasteiger partial charge in [-0.05, 0) is 47.9 Å². The summed E-state index contributed by atoms with van der Waals surface area (Å²) in [6.07, 6.45) is 1.89. The number of fused-ring (bicyclic) bond motifs is 1. The molecule has 2 aromatic heterocycles. The third-order valence-corrected chi connectivity index (χ3v) is 5.54. The van der Waals surface area contributed by atoms with E-state index in [1.165, 1.54) is 6.07 Å². The fraction of sp³-hybridized carbons (Fsp3) is 0.450. The van der Waals surface area contributed by atoms with Gasteiger partial charge in [-0.3, -0.25) is 14.7 Å². The third-order valence-electron chi connectivity index (χ3n) is 5.54. The molecule has 1 saturated heterocycles. The number of likely N-dealkylation sites (tertiary alicyclic amines) is 1. The number of aromatic amines is 1. The minimum Gasteiger partial charge on any atom is -0.454 e. The number of aryl methyl sites for hydroxylation is 1. The fourth-order valence-corrected chi connectivity index (χ4v) is 3.95. The molecule has 31 heavy (non-hydrogen) atoms. The predicted molar refractivity (Wildman–Crippen MR) is 111 cm³/mol. The molecule has 11 heteroatoms. The van der Waals surface area contributed by atoms with Gasteiger partial charge in [-0.2, -0.15) is 0 Å². The summed E-state index contributed by atoms with van der Waals surface area (Å²) >= 11 is 0. The van der Waals surface area contributed by atoms with Gasteiger partial charge in [0.15, 0.2) is 17.3 Å². The van der Waals surface area contributed by atoms with Crippen LogP contribution in [0.2, 0.25) is 0 Å². The quantitative estimate of drug-likeness (QED) is 0.594. The topological polar surface area (TPSA) is 123 Å². The molecule has 2 aliphatic rings. The van der Waals surface area contributed by atoms with Crippen LogP contribution in [0, 0.1) is 6.92 Å². The molecule has 3 aromatic rings. The van der Waals surface area contributed by atoms with Crippen LogP contribution in [0.15, 0.2) is 29.1 Å². The number of ether oxygens (including phenoxy) is 2. The molecule has 0 aliphatic carbocycles. The van der Waals surface area contributed by atoms with Crippen molar-refractivity contribution >= 4 is 5.95 Å². The molecule has 1 fully saturated rings. The Balaban J connectivity index is 1.17. The first kappa shape index (κ1) is 19.5. The number of hydrogen-bond donors (Lipinski definition) is 2. The smallest absolute Gasteiger partial charge is 0.252 e. The number of benzene rings is 1. The summed E-state index contributed by atoms with van der Waals surface area (Å²) in [5.74, 6) is 2.89. The van der Waals surface area contributed by atoms with E-state index in [0.29, 0.717) is 24.7 Å². The maximum Gasteiger partial charge on any atom is 0.252 e. The van der Waals surface area contributed by atoms with Gasteiger partial charge < -0.3 is 14.8 Å². The van der Waals surface area contributed by atoms with E-state index >= 15 is 0 Å². The maximum atomic E-state index is 11.6. The highest BCUT2D eigenvalue weighted by Gasteiger charge is 2.22. The zero-order valence-corrected chi connectivity index (χ0v) is 17.2. The van der Waals surface area contributed by atoms with E-state index in [1.807, 2.05) is 29.8 Å². The van der Waals surface area contributed by atoms with Gasteiger partial charge in [0.1, 0.15) is 0 Å². The van der Waals surface area contributed by atoms with Crippen LogP contribution in [-0.2, 0) is 13.1 Å². The first-order chi connectivity index (χ1) is 15.1. The number of tetrazole rings is 1. The molecule has 0 radical (unpaired) electrons. The zero-order chi connectivity index (χ0) is 21.2. The van der Waals surface area contributed by atoms with Crippen molar-refractivity contribution in [3.63, 3.8) is 0 Å². The highest BCUT2D eigenvalue weighted by atomic mass is 16.7. The summed E-state index contributed by atoms with van der Waals surface area (Å²) in [5, 5.41) is 15.6. The van der Waals surface area contributed by atoms with Crippen molar-refractivity contribution in [2.75, 3.05) is 25.2 Å². The molecule has 2 N–H and O–H groups in total. The van der Waals surface area contributed by atoms with Crippen molar-refractivity contribution < 1.29 is 9.47 Å². The van der Waals surface area contributed by atoms with Crippen LogP contribution >= 0.6 is 0 Å².